The minimum Gasteiger partial charge on any atom is -0.496 e. The lowest BCUT2D eigenvalue weighted by Crippen LogP contribution is -2.33. The van der Waals surface area contributed by atoms with Crippen LogP contribution in [0.25, 0.3) is 0 Å². The molecule has 0 saturated heterocycles. The van der Waals surface area contributed by atoms with Gasteiger partial charge in [-0.05, 0) is 25.3 Å². The first-order valence-electron chi connectivity index (χ1n) is 7.51. The first-order chi connectivity index (χ1) is 11.2. The summed E-state index contributed by atoms with van der Waals surface area (Å²) in [5.41, 5.74) is 0.150. The van der Waals surface area contributed by atoms with Crippen LogP contribution in [0.3, 0.4) is 0 Å². The molecule has 0 saturated carbocycles. The van der Waals surface area contributed by atoms with Crippen molar-refractivity contribution in [3.05, 3.63) is 33.4 Å². The molecule has 1 unspecified atom stereocenters. The third-order valence-corrected chi connectivity index (χ3v) is 3.63. The van der Waals surface area contributed by atoms with Gasteiger partial charge in [-0.3, -0.25) is 19.7 Å². The standard InChI is InChI=1S/C16H22N2O6/c1-9(2)5-12(16(20)21)8-17-15(19)11-6-13(18(22)23)10(3)14(7-11)24-4/h6-7,9,12H,5,8H2,1-4H3,(H,17,19)(H,20,21). The second-order valence-corrected chi connectivity index (χ2v) is 5.95. The molecule has 132 valence electrons. The van der Waals surface area contributed by atoms with Crippen LogP contribution in [0.2, 0.25) is 0 Å². The summed E-state index contributed by atoms with van der Waals surface area (Å²) in [7, 11) is 1.36. The number of benzene rings is 1. The summed E-state index contributed by atoms with van der Waals surface area (Å²) in [6, 6.07) is 2.56. The Balaban J connectivity index is 2.97. The fraction of sp³-hybridized carbons (Fsp3) is 0.500. The zero-order chi connectivity index (χ0) is 18.4. The van der Waals surface area contributed by atoms with Gasteiger partial charge in [-0.15, -0.1) is 0 Å². The topological polar surface area (TPSA) is 119 Å². The number of nitro benzene ring substituents is 1. The van der Waals surface area contributed by atoms with Gasteiger partial charge in [0.15, 0.2) is 0 Å². The lowest BCUT2D eigenvalue weighted by Gasteiger charge is -2.15. The number of nitro groups is 1. The van der Waals surface area contributed by atoms with Crippen LogP contribution in [0.1, 0.15) is 36.2 Å². The number of carbonyl (C=O) groups excluding carboxylic acids is 1. The maximum Gasteiger partial charge on any atom is 0.308 e. The number of amides is 1. The Kier molecular flexibility index (Phi) is 6.69. The lowest BCUT2D eigenvalue weighted by atomic mass is 9.97. The van der Waals surface area contributed by atoms with Crippen molar-refractivity contribution in [2.75, 3.05) is 13.7 Å². The molecule has 0 heterocycles. The van der Waals surface area contributed by atoms with Gasteiger partial charge in [0.05, 0.1) is 23.5 Å². The van der Waals surface area contributed by atoms with Crippen molar-refractivity contribution in [2.24, 2.45) is 11.8 Å². The summed E-state index contributed by atoms with van der Waals surface area (Å²) in [6.45, 7) is 5.27. The van der Waals surface area contributed by atoms with Crippen LogP contribution in [0.5, 0.6) is 5.75 Å². The Morgan fingerprint density at radius 2 is 2.00 bits per heavy atom. The molecule has 0 aliphatic carbocycles. The van der Waals surface area contributed by atoms with Crippen LogP contribution >= 0.6 is 0 Å². The molecule has 0 radical (unpaired) electrons. The van der Waals surface area contributed by atoms with E-state index in [-0.39, 0.29) is 29.5 Å². The van der Waals surface area contributed by atoms with Gasteiger partial charge in [0, 0.05) is 18.2 Å². The van der Waals surface area contributed by atoms with Gasteiger partial charge in [-0.25, -0.2) is 0 Å². The molecule has 2 N–H and O–H groups in total. The highest BCUT2D eigenvalue weighted by molar-refractivity contribution is 5.95. The number of methoxy groups -OCH3 is 1. The van der Waals surface area contributed by atoms with E-state index in [0.29, 0.717) is 12.0 Å². The van der Waals surface area contributed by atoms with E-state index in [1.165, 1.54) is 20.1 Å². The first-order valence-corrected chi connectivity index (χ1v) is 7.51. The normalized spacial score (nSPS) is 11.9. The van der Waals surface area contributed by atoms with Gasteiger partial charge in [0.2, 0.25) is 0 Å². The third kappa shape index (κ3) is 4.94. The summed E-state index contributed by atoms with van der Waals surface area (Å²) >= 11 is 0. The van der Waals surface area contributed by atoms with Crippen LogP contribution in [-0.4, -0.2) is 35.6 Å². The molecule has 1 rings (SSSR count). The summed E-state index contributed by atoms with van der Waals surface area (Å²) in [6.07, 6.45) is 0.424. The van der Waals surface area contributed by atoms with Crippen molar-refractivity contribution in [1.29, 1.82) is 0 Å². The van der Waals surface area contributed by atoms with Crippen molar-refractivity contribution >= 4 is 17.6 Å². The molecule has 8 heteroatoms. The highest BCUT2D eigenvalue weighted by Gasteiger charge is 2.23. The van der Waals surface area contributed by atoms with Gasteiger partial charge in [0.25, 0.3) is 11.6 Å². The molecule has 0 aliphatic heterocycles. The van der Waals surface area contributed by atoms with Gasteiger partial charge < -0.3 is 15.2 Å². The molecule has 0 fully saturated rings. The molecule has 0 aromatic heterocycles. The average Bonchev–Trinajstić information content (AvgIpc) is 2.50. The Labute approximate surface area is 140 Å². The summed E-state index contributed by atoms with van der Waals surface area (Å²) < 4.78 is 5.06. The molecular formula is C16H22N2O6. The summed E-state index contributed by atoms with van der Waals surface area (Å²) in [4.78, 5) is 33.9. The fourth-order valence-corrected chi connectivity index (χ4v) is 2.36. The second-order valence-electron chi connectivity index (χ2n) is 5.95. The average molecular weight is 338 g/mol. The number of nitrogens with one attached hydrogen (secondary N) is 1. The lowest BCUT2D eigenvalue weighted by molar-refractivity contribution is -0.385. The number of ether oxygens (including phenoxy) is 1. The van der Waals surface area contributed by atoms with E-state index in [1.54, 1.807) is 0 Å². The monoisotopic (exact) mass is 338 g/mol. The summed E-state index contributed by atoms with van der Waals surface area (Å²) in [5.74, 6) is -1.88. The number of carboxylic acid groups (broad SMARTS) is 1. The van der Waals surface area contributed by atoms with Crippen LogP contribution < -0.4 is 10.1 Å². The van der Waals surface area contributed by atoms with Gasteiger partial charge in [-0.1, -0.05) is 13.8 Å². The van der Waals surface area contributed by atoms with Gasteiger partial charge in [-0.2, -0.15) is 0 Å². The molecule has 0 spiro atoms. The Morgan fingerprint density at radius 3 is 2.46 bits per heavy atom. The van der Waals surface area contributed by atoms with Crippen molar-refractivity contribution in [1.82, 2.24) is 5.32 Å². The Bertz CT molecular complexity index is 642. The van der Waals surface area contributed by atoms with Crippen molar-refractivity contribution in [3.63, 3.8) is 0 Å². The van der Waals surface area contributed by atoms with Crippen molar-refractivity contribution in [2.45, 2.75) is 27.2 Å². The first kappa shape index (κ1) is 19.4. The van der Waals surface area contributed by atoms with Crippen LogP contribution in [0.15, 0.2) is 12.1 Å². The van der Waals surface area contributed by atoms with E-state index < -0.39 is 22.7 Å². The van der Waals surface area contributed by atoms with E-state index in [4.69, 9.17) is 4.74 Å². The molecule has 0 bridgehead atoms. The number of hydrogen-bond acceptors (Lipinski definition) is 5. The Hall–Kier alpha value is -2.64. The number of rotatable bonds is 8. The van der Waals surface area contributed by atoms with E-state index >= 15 is 0 Å². The molecule has 24 heavy (non-hydrogen) atoms. The van der Waals surface area contributed by atoms with E-state index in [0.717, 1.165) is 6.07 Å². The van der Waals surface area contributed by atoms with Crippen molar-refractivity contribution < 1.29 is 24.4 Å². The molecule has 0 aliphatic rings. The van der Waals surface area contributed by atoms with E-state index in [1.807, 2.05) is 13.8 Å². The predicted molar refractivity (Wildman–Crippen MR) is 87.3 cm³/mol. The number of hydrogen-bond donors (Lipinski definition) is 2. The summed E-state index contributed by atoms with van der Waals surface area (Å²) in [5, 5.41) is 22.8. The minimum absolute atomic E-state index is 0.0453. The van der Waals surface area contributed by atoms with Crippen LogP contribution in [-0.2, 0) is 4.79 Å². The number of aliphatic carboxylic acids is 1. The molecular weight excluding hydrogens is 316 g/mol. The van der Waals surface area contributed by atoms with Crippen LogP contribution in [0.4, 0.5) is 5.69 Å². The van der Waals surface area contributed by atoms with E-state index in [9.17, 15) is 24.8 Å². The molecule has 1 atom stereocenters. The largest absolute Gasteiger partial charge is 0.496 e. The van der Waals surface area contributed by atoms with Crippen molar-refractivity contribution in [3.8, 4) is 5.75 Å². The minimum atomic E-state index is -0.989. The van der Waals surface area contributed by atoms with E-state index in [2.05, 4.69) is 5.32 Å². The maximum atomic E-state index is 12.2. The van der Waals surface area contributed by atoms with Gasteiger partial charge in [0.1, 0.15) is 5.75 Å². The predicted octanol–water partition coefficient (Wildman–Crippen LogP) is 2.39. The maximum absolute atomic E-state index is 12.2. The smallest absolute Gasteiger partial charge is 0.308 e. The number of carbonyl (C=O) groups is 2. The van der Waals surface area contributed by atoms with Crippen LogP contribution in [0, 0.1) is 28.9 Å². The molecule has 1 amide bonds. The number of carboxylic acids is 1. The molecule has 1 aromatic carbocycles. The number of nitrogens with zero attached hydrogens (tertiary/aromatic N) is 1. The third-order valence-electron chi connectivity index (χ3n) is 3.63. The highest BCUT2D eigenvalue weighted by atomic mass is 16.6. The molecule has 8 nitrogen and oxygen atoms in total. The zero-order valence-corrected chi connectivity index (χ0v) is 14.2. The highest BCUT2D eigenvalue weighted by Crippen LogP contribution is 2.29. The Morgan fingerprint density at radius 1 is 1.38 bits per heavy atom. The quantitative estimate of drug-likeness (QED) is 0.555. The molecule has 1 aromatic rings. The zero-order valence-electron chi connectivity index (χ0n) is 14.2. The SMILES string of the molecule is COc1cc(C(=O)NCC(CC(C)C)C(=O)O)cc([N+](=O)[O-])c1C. The van der Waals surface area contributed by atoms with Gasteiger partial charge >= 0.3 is 5.97 Å². The fourth-order valence-electron chi connectivity index (χ4n) is 2.36. The second kappa shape index (κ2) is 8.28.